The number of thiophene rings is 1. The lowest BCUT2D eigenvalue weighted by molar-refractivity contribution is -0.123. The maximum absolute atomic E-state index is 12.1. The molecule has 2 rings (SSSR count). The molecule has 0 aliphatic carbocycles. The molecular formula is C18H18N2O5S. The highest BCUT2D eigenvalue weighted by molar-refractivity contribution is 7.15. The highest BCUT2D eigenvalue weighted by atomic mass is 32.1. The van der Waals surface area contributed by atoms with Crippen molar-refractivity contribution in [3.63, 3.8) is 0 Å². The van der Waals surface area contributed by atoms with Crippen molar-refractivity contribution in [3.8, 4) is 0 Å². The minimum Gasteiger partial charge on any atom is -0.448 e. The van der Waals surface area contributed by atoms with Crippen LogP contribution in [0, 0.1) is 0 Å². The van der Waals surface area contributed by atoms with E-state index in [0.29, 0.717) is 16.3 Å². The van der Waals surface area contributed by atoms with E-state index in [-0.39, 0.29) is 16.6 Å². The number of rotatable bonds is 6. The molecule has 0 spiro atoms. The third-order valence-electron chi connectivity index (χ3n) is 3.28. The van der Waals surface area contributed by atoms with E-state index in [4.69, 9.17) is 4.74 Å². The highest BCUT2D eigenvalue weighted by Crippen LogP contribution is 2.19. The third kappa shape index (κ3) is 5.25. The molecule has 26 heavy (non-hydrogen) atoms. The van der Waals surface area contributed by atoms with Gasteiger partial charge in [-0.15, -0.1) is 11.3 Å². The molecule has 0 aliphatic heterocycles. The summed E-state index contributed by atoms with van der Waals surface area (Å²) in [6, 6.07) is 9.57. The lowest BCUT2D eigenvalue weighted by Gasteiger charge is -2.13. The number of ether oxygens (including phenoxy) is 1. The number of carbonyl (C=O) groups is 4. The number of nitrogens with one attached hydrogen (secondary N) is 2. The van der Waals surface area contributed by atoms with Crippen molar-refractivity contribution in [2.45, 2.75) is 26.9 Å². The second-order valence-electron chi connectivity index (χ2n) is 5.52. The normalized spacial score (nSPS) is 11.3. The Hall–Kier alpha value is -3.00. The predicted octanol–water partition coefficient (Wildman–Crippen LogP) is 3.09. The summed E-state index contributed by atoms with van der Waals surface area (Å²) in [5.74, 6) is -1.48. The van der Waals surface area contributed by atoms with Gasteiger partial charge in [0.05, 0.1) is 4.88 Å². The smallest absolute Gasteiger partial charge is 0.349 e. The number of Topliss-reactive ketones (excluding diaryl/α,β-unsaturated/α-hetero) is 1. The zero-order valence-corrected chi connectivity index (χ0v) is 15.3. The first-order valence-electron chi connectivity index (χ1n) is 7.76. The SMILES string of the molecule is CC(=O)Nc1ccc(NC(=O)C(C)OC(=O)c2ccc(C(C)=O)s2)cc1. The van der Waals surface area contributed by atoms with E-state index in [1.54, 1.807) is 30.3 Å². The Balaban J connectivity index is 1.93. The maximum Gasteiger partial charge on any atom is 0.349 e. The second kappa shape index (κ2) is 8.39. The molecule has 7 nitrogen and oxygen atoms in total. The molecule has 1 atom stereocenters. The Morgan fingerprint density at radius 1 is 0.885 bits per heavy atom. The lowest BCUT2D eigenvalue weighted by Crippen LogP contribution is -2.29. The fourth-order valence-corrected chi connectivity index (χ4v) is 2.78. The molecule has 0 bridgehead atoms. The van der Waals surface area contributed by atoms with Crippen LogP contribution in [0.1, 0.15) is 40.1 Å². The van der Waals surface area contributed by atoms with Crippen LogP contribution < -0.4 is 10.6 Å². The van der Waals surface area contributed by atoms with Gasteiger partial charge in [0.15, 0.2) is 11.9 Å². The largest absolute Gasteiger partial charge is 0.448 e. The van der Waals surface area contributed by atoms with Crippen molar-refractivity contribution in [2.75, 3.05) is 10.6 Å². The number of hydrogen-bond acceptors (Lipinski definition) is 6. The molecule has 1 aromatic heterocycles. The summed E-state index contributed by atoms with van der Waals surface area (Å²) < 4.78 is 5.13. The van der Waals surface area contributed by atoms with E-state index in [1.807, 2.05) is 0 Å². The maximum atomic E-state index is 12.1. The Bertz CT molecular complexity index is 842. The van der Waals surface area contributed by atoms with Crippen LogP contribution in [0.25, 0.3) is 0 Å². The lowest BCUT2D eigenvalue weighted by atomic mass is 10.2. The summed E-state index contributed by atoms with van der Waals surface area (Å²) in [6.45, 7) is 4.27. The number of ketones is 1. The monoisotopic (exact) mass is 374 g/mol. The van der Waals surface area contributed by atoms with Gasteiger partial charge in [-0.25, -0.2) is 4.79 Å². The molecule has 2 aromatic rings. The first-order chi connectivity index (χ1) is 12.3. The number of carbonyl (C=O) groups excluding carboxylic acids is 4. The van der Waals surface area contributed by atoms with Gasteiger partial charge in [-0.3, -0.25) is 14.4 Å². The fraction of sp³-hybridized carbons (Fsp3) is 0.222. The molecule has 0 fully saturated rings. The van der Waals surface area contributed by atoms with Gasteiger partial charge in [0.1, 0.15) is 4.88 Å². The average molecular weight is 374 g/mol. The van der Waals surface area contributed by atoms with Gasteiger partial charge < -0.3 is 15.4 Å². The van der Waals surface area contributed by atoms with Crippen LogP contribution in [0.15, 0.2) is 36.4 Å². The molecule has 2 N–H and O–H groups in total. The van der Waals surface area contributed by atoms with Crippen LogP contribution in [0.3, 0.4) is 0 Å². The van der Waals surface area contributed by atoms with E-state index < -0.39 is 18.0 Å². The van der Waals surface area contributed by atoms with E-state index in [0.717, 1.165) is 11.3 Å². The van der Waals surface area contributed by atoms with Crippen molar-refractivity contribution in [3.05, 3.63) is 46.2 Å². The zero-order chi connectivity index (χ0) is 19.3. The van der Waals surface area contributed by atoms with Gasteiger partial charge in [-0.2, -0.15) is 0 Å². The van der Waals surface area contributed by atoms with Gasteiger partial charge in [-0.05, 0) is 50.2 Å². The predicted molar refractivity (Wildman–Crippen MR) is 98.6 cm³/mol. The standard InChI is InChI=1S/C18H18N2O5S/c1-10(21)15-8-9-16(26-15)18(24)25-11(2)17(23)20-14-6-4-13(5-7-14)19-12(3)22/h4-9,11H,1-3H3,(H,19,22)(H,20,23). The summed E-state index contributed by atoms with van der Waals surface area (Å²) >= 11 is 1.02. The van der Waals surface area contributed by atoms with Crippen LogP contribution in [-0.4, -0.2) is 29.7 Å². The van der Waals surface area contributed by atoms with Gasteiger partial charge in [-0.1, -0.05) is 0 Å². The van der Waals surface area contributed by atoms with E-state index in [2.05, 4.69) is 10.6 Å². The molecule has 0 saturated carbocycles. The zero-order valence-electron chi connectivity index (χ0n) is 14.5. The molecule has 1 heterocycles. The first kappa shape index (κ1) is 19.3. The second-order valence-corrected chi connectivity index (χ2v) is 6.60. The highest BCUT2D eigenvalue weighted by Gasteiger charge is 2.20. The number of esters is 1. The van der Waals surface area contributed by atoms with Crippen molar-refractivity contribution in [2.24, 2.45) is 0 Å². The van der Waals surface area contributed by atoms with Gasteiger partial charge in [0.2, 0.25) is 5.91 Å². The summed E-state index contributed by atoms with van der Waals surface area (Å²) in [6.07, 6.45) is -1.01. The van der Waals surface area contributed by atoms with Crippen molar-refractivity contribution < 1.29 is 23.9 Å². The Morgan fingerprint density at radius 3 is 1.92 bits per heavy atom. The third-order valence-corrected chi connectivity index (χ3v) is 4.45. The van der Waals surface area contributed by atoms with Gasteiger partial charge in [0, 0.05) is 18.3 Å². The van der Waals surface area contributed by atoms with Gasteiger partial charge >= 0.3 is 5.97 Å². The number of amides is 2. The van der Waals surface area contributed by atoms with Crippen LogP contribution in [0.4, 0.5) is 11.4 Å². The average Bonchev–Trinajstić information content (AvgIpc) is 3.06. The topological polar surface area (TPSA) is 102 Å². The van der Waals surface area contributed by atoms with Crippen LogP contribution >= 0.6 is 11.3 Å². The van der Waals surface area contributed by atoms with Crippen molar-refractivity contribution in [1.29, 1.82) is 0 Å². The van der Waals surface area contributed by atoms with Crippen molar-refractivity contribution >= 4 is 46.3 Å². The number of anilines is 2. The Morgan fingerprint density at radius 2 is 1.42 bits per heavy atom. The molecule has 1 aromatic carbocycles. The molecule has 0 radical (unpaired) electrons. The number of benzene rings is 1. The summed E-state index contributed by atoms with van der Waals surface area (Å²) in [7, 11) is 0. The first-order valence-corrected chi connectivity index (χ1v) is 8.58. The minimum atomic E-state index is -1.01. The van der Waals surface area contributed by atoms with Crippen LogP contribution in [0.5, 0.6) is 0 Å². The van der Waals surface area contributed by atoms with Crippen molar-refractivity contribution in [1.82, 2.24) is 0 Å². The van der Waals surface area contributed by atoms with Crippen LogP contribution in [0.2, 0.25) is 0 Å². The fourth-order valence-electron chi connectivity index (χ4n) is 1.99. The molecule has 2 amide bonds. The summed E-state index contributed by atoms with van der Waals surface area (Å²) in [5, 5.41) is 5.24. The summed E-state index contributed by atoms with van der Waals surface area (Å²) in [5.41, 5.74) is 1.11. The number of hydrogen-bond donors (Lipinski definition) is 2. The van der Waals surface area contributed by atoms with E-state index in [1.165, 1.54) is 26.8 Å². The molecule has 1 unspecified atom stereocenters. The molecule has 0 aliphatic rings. The molecular weight excluding hydrogens is 356 g/mol. The van der Waals surface area contributed by atoms with Gasteiger partial charge in [0.25, 0.3) is 5.91 Å². The molecule has 0 saturated heterocycles. The van der Waals surface area contributed by atoms with E-state index >= 15 is 0 Å². The Labute approximate surface area is 154 Å². The van der Waals surface area contributed by atoms with Crippen LogP contribution in [-0.2, 0) is 14.3 Å². The summed E-state index contributed by atoms with van der Waals surface area (Å²) in [4.78, 5) is 47.2. The minimum absolute atomic E-state index is 0.137. The molecule has 136 valence electrons. The van der Waals surface area contributed by atoms with E-state index in [9.17, 15) is 19.2 Å². The molecule has 8 heteroatoms. The quantitative estimate of drug-likeness (QED) is 0.598. The Kier molecular flexibility index (Phi) is 6.24.